The molecule has 0 aliphatic carbocycles. The number of nitrogens with one attached hydrogen (secondary N) is 1. The molecule has 84 valence electrons. The van der Waals surface area contributed by atoms with Gasteiger partial charge in [-0.2, -0.15) is 11.3 Å². The van der Waals surface area contributed by atoms with Crippen LogP contribution < -0.4 is 11.2 Å². The van der Waals surface area contributed by atoms with Gasteiger partial charge in [-0.3, -0.25) is 14.3 Å². The molecule has 0 saturated carbocycles. The summed E-state index contributed by atoms with van der Waals surface area (Å²) in [6.45, 7) is 0.0177. The van der Waals surface area contributed by atoms with Crippen LogP contribution in [0.15, 0.2) is 32.5 Å². The summed E-state index contributed by atoms with van der Waals surface area (Å²) >= 11 is 1.48. The number of rotatable bonds is 3. The van der Waals surface area contributed by atoms with Gasteiger partial charge >= 0.3 is 5.69 Å². The highest BCUT2D eigenvalue weighted by molar-refractivity contribution is 7.08. The van der Waals surface area contributed by atoms with Crippen LogP contribution in [-0.2, 0) is 6.54 Å². The van der Waals surface area contributed by atoms with Crippen molar-refractivity contribution in [1.82, 2.24) is 9.55 Å². The Hall–Kier alpha value is -1.66. The number of H-pyrrole nitrogens is 1. The Labute approximate surface area is 94.6 Å². The van der Waals surface area contributed by atoms with Gasteiger partial charge in [-0.05, 0) is 11.4 Å². The molecule has 2 N–H and O–H groups in total. The maximum absolute atomic E-state index is 11.5. The smallest absolute Gasteiger partial charge is 0.328 e. The summed E-state index contributed by atoms with van der Waals surface area (Å²) in [4.78, 5) is 25.0. The highest BCUT2D eigenvalue weighted by Crippen LogP contribution is 2.19. The molecule has 0 amide bonds. The van der Waals surface area contributed by atoms with E-state index in [0.717, 1.165) is 5.56 Å². The summed E-state index contributed by atoms with van der Waals surface area (Å²) in [5, 5.41) is 12.6. The quantitative estimate of drug-likeness (QED) is 0.805. The third kappa shape index (κ3) is 1.98. The molecule has 0 saturated heterocycles. The first-order valence-electron chi connectivity index (χ1n) is 4.70. The Bertz CT molecular complexity index is 583. The Morgan fingerprint density at radius 1 is 1.44 bits per heavy atom. The fourth-order valence-corrected chi connectivity index (χ4v) is 2.14. The van der Waals surface area contributed by atoms with E-state index in [2.05, 4.69) is 4.98 Å². The van der Waals surface area contributed by atoms with Gasteiger partial charge in [-0.25, -0.2) is 4.79 Å². The summed E-state index contributed by atoms with van der Waals surface area (Å²) in [6, 6.07) is 3.19. The van der Waals surface area contributed by atoms with E-state index < -0.39 is 11.2 Å². The molecule has 0 radical (unpaired) electrons. The molecule has 2 rings (SSSR count). The molecular weight excluding hydrogens is 228 g/mol. The van der Waals surface area contributed by atoms with Crippen molar-refractivity contribution < 1.29 is 5.11 Å². The molecule has 0 aliphatic rings. The van der Waals surface area contributed by atoms with E-state index in [1.807, 2.05) is 16.8 Å². The average Bonchev–Trinajstić information content (AvgIpc) is 2.75. The molecule has 5 nitrogen and oxygen atoms in total. The second-order valence-electron chi connectivity index (χ2n) is 3.21. The first-order valence-corrected chi connectivity index (χ1v) is 5.64. The molecule has 0 atom stereocenters. The monoisotopic (exact) mass is 238 g/mol. The molecule has 2 heterocycles. The maximum Gasteiger partial charge on any atom is 0.328 e. The van der Waals surface area contributed by atoms with Crippen LogP contribution in [0.5, 0.6) is 0 Å². The zero-order valence-electron chi connectivity index (χ0n) is 8.34. The number of hydrogen-bond acceptors (Lipinski definition) is 4. The van der Waals surface area contributed by atoms with E-state index in [-0.39, 0.29) is 13.2 Å². The van der Waals surface area contributed by atoms with Crippen molar-refractivity contribution in [3.05, 3.63) is 43.7 Å². The van der Waals surface area contributed by atoms with Gasteiger partial charge in [0.2, 0.25) is 0 Å². The van der Waals surface area contributed by atoms with E-state index in [9.17, 15) is 9.59 Å². The van der Waals surface area contributed by atoms with Gasteiger partial charge < -0.3 is 5.11 Å². The van der Waals surface area contributed by atoms with Crippen molar-refractivity contribution in [3.8, 4) is 11.3 Å². The van der Waals surface area contributed by atoms with E-state index >= 15 is 0 Å². The summed E-state index contributed by atoms with van der Waals surface area (Å²) in [7, 11) is 0. The third-order valence-corrected chi connectivity index (χ3v) is 2.86. The fourth-order valence-electron chi connectivity index (χ4n) is 1.49. The molecule has 2 aromatic rings. The zero-order valence-corrected chi connectivity index (χ0v) is 9.16. The average molecular weight is 238 g/mol. The van der Waals surface area contributed by atoms with Crippen molar-refractivity contribution >= 4 is 11.3 Å². The van der Waals surface area contributed by atoms with Crippen LogP contribution in [0.4, 0.5) is 0 Å². The highest BCUT2D eigenvalue weighted by Gasteiger charge is 2.07. The lowest BCUT2D eigenvalue weighted by molar-refractivity contribution is 0.274. The van der Waals surface area contributed by atoms with Gasteiger partial charge in [-0.1, -0.05) is 0 Å². The zero-order chi connectivity index (χ0) is 11.5. The molecular formula is C10H10N2O3S. The maximum atomic E-state index is 11.5. The Kier molecular flexibility index (Phi) is 3.02. The first kappa shape index (κ1) is 10.8. The fraction of sp³-hybridized carbons (Fsp3) is 0.200. The van der Waals surface area contributed by atoms with Crippen molar-refractivity contribution in [2.45, 2.75) is 6.54 Å². The number of aromatic amines is 1. The predicted octanol–water partition coefficient (Wildman–Crippen LogP) is 0.257. The lowest BCUT2D eigenvalue weighted by Gasteiger charge is -2.08. The van der Waals surface area contributed by atoms with Crippen molar-refractivity contribution in [2.24, 2.45) is 0 Å². The van der Waals surface area contributed by atoms with E-state index in [4.69, 9.17) is 5.11 Å². The Morgan fingerprint density at radius 2 is 2.25 bits per heavy atom. The number of aliphatic hydroxyl groups is 1. The van der Waals surface area contributed by atoms with Gasteiger partial charge in [0.15, 0.2) is 0 Å². The van der Waals surface area contributed by atoms with E-state index in [1.165, 1.54) is 22.0 Å². The minimum Gasteiger partial charge on any atom is -0.395 e. The van der Waals surface area contributed by atoms with Gasteiger partial charge in [0.05, 0.1) is 18.8 Å². The normalized spacial score (nSPS) is 10.6. The standard InChI is InChI=1S/C10H10N2O3S/c13-3-2-12-8(7-1-4-16-6-7)5-9(14)11-10(12)15/h1,4-6,13H,2-3H2,(H,11,14,15). The second kappa shape index (κ2) is 4.46. The molecule has 0 unspecified atom stereocenters. The highest BCUT2D eigenvalue weighted by atomic mass is 32.1. The molecule has 6 heteroatoms. The number of nitrogens with zero attached hydrogens (tertiary/aromatic N) is 1. The Balaban J connectivity index is 2.67. The molecule has 0 bridgehead atoms. The molecule has 16 heavy (non-hydrogen) atoms. The minimum absolute atomic E-state index is 0.150. The predicted molar refractivity (Wildman–Crippen MR) is 61.7 cm³/mol. The van der Waals surface area contributed by atoms with Gasteiger partial charge in [0.25, 0.3) is 5.56 Å². The molecule has 0 fully saturated rings. The minimum atomic E-state index is -0.497. The SMILES string of the molecule is O=c1cc(-c2ccsc2)n(CCO)c(=O)[nH]1. The molecule has 0 spiro atoms. The number of aromatic nitrogens is 2. The third-order valence-electron chi connectivity index (χ3n) is 2.17. The summed E-state index contributed by atoms with van der Waals surface area (Å²) < 4.78 is 1.35. The van der Waals surface area contributed by atoms with Gasteiger partial charge in [-0.15, -0.1) is 0 Å². The van der Waals surface area contributed by atoms with Crippen molar-refractivity contribution in [2.75, 3.05) is 6.61 Å². The van der Waals surface area contributed by atoms with Crippen LogP contribution in [0.1, 0.15) is 0 Å². The largest absolute Gasteiger partial charge is 0.395 e. The second-order valence-corrected chi connectivity index (χ2v) is 3.99. The van der Waals surface area contributed by atoms with Crippen LogP contribution in [0.3, 0.4) is 0 Å². The van der Waals surface area contributed by atoms with Crippen molar-refractivity contribution in [1.29, 1.82) is 0 Å². The van der Waals surface area contributed by atoms with Crippen LogP contribution in [-0.4, -0.2) is 21.3 Å². The van der Waals surface area contributed by atoms with E-state index in [0.29, 0.717) is 5.69 Å². The summed E-state index contributed by atoms with van der Waals surface area (Å²) in [5.41, 5.74) is 0.411. The molecule has 0 aliphatic heterocycles. The van der Waals surface area contributed by atoms with Crippen LogP contribution in [0.2, 0.25) is 0 Å². The summed E-state index contributed by atoms with van der Waals surface area (Å²) in [5.74, 6) is 0. The van der Waals surface area contributed by atoms with Gasteiger partial charge in [0, 0.05) is 17.0 Å². The number of thiophene rings is 1. The lowest BCUT2D eigenvalue weighted by atomic mass is 10.2. The van der Waals surface area contributed by atoms with Crippen LogP contribution >= 0.6 is 11.3 Å². The summed E-state index contributed by atoms with van der Waals surface area (Å²) in [6.07, 6.45) is 0. The van der Waals surface area contributed by atoms with Crippen LogP contribution in [0.25, 0.3) is 11.3 Å². The Morgan fingerprint density at radius 3 is 2.88 bits per heavy atom. The number of hydrogen-bond donors (Lipinski definition) is 2. The van der Waals surface area contributed by atoms with Crippen LogP contribution in [0, 0.1) is 0 Å². The molecule has 2 aromatic heterocycles. The van der Waals surface area contributed by atoms with Crippen molar-refractivity contribution in [3.63, 3.8) is 0 Å². The number of aliphatic hydroxyl groups excluding tert-OH is 1. The van der Waals surface area contributed by atoms with E-state index in [1.54, 1.807) is 0 Å². The first-order chi connectivity index (χ1) is 7.72. The topological polar surface area (TPSA) is 75.1 Å². The van der Waals surface area contributed by atoms with Gasteiger partial charge in [0.1, 0.15) is 0 Å². The lowest BCUT2D eigenvalue weighted by Crippen LogP contribution is -2.31. The molecule has 0 aromatic carbocycles.